The summed E-state index contributed by atoms with van der Waals surface area (Å²) >= 11 is 1.63. The van der Waals surface area contributed by atoms with E-state index >= 15 is 0 Å². The molecule has 0 radical (unpaired) electrons. The number of nitrogens with one attached hydrogen (secondary N) is 1. The van der Waals surface area contributed by atoms with E-state index < -0.39 is 0 Å². The van der Waals surface area contributed by atoms with Crippen LogP contribution in [0.5, 0.6) is 5.75 Å². The number of para-hydroxylation sites is 1. The third-order valence-corrected chi connectivity index (χ3v) is 4.69. The van der Waals surface area contributed by atoms with Crippen LogP contribution in [-0.4, -0.2) is 23.9 Å². The Morgan fingerprint density at radius 2 is 2.10 bits per heavy atom. The Hall–Kier alpha value is -1.46. The smallest absolute Gasteiger partial charge is 0.256 e. The lowest BCUT2D eigenvalue weighted by atomic mass is 10.0. The van der Waals surface area contributed by atoms with Crippen molar-refractivity contribution in [2.45, 2.75) is 30.4 Å². The van der Waals surface area contributed by atoms with Crippen molar-refractivity contribution in [3.05, 3.63) is 41.3 Å². The molecule has 1 aliphatic heterocycles. The molecule has 20 heavy (non-hydrogen) atoms. The van der Waals surface area contributed by atoms with Gasteiger partial charge in [-0.25, -0.2) is 4.98 Å². The lowest BCUT2D eigenvalue weighted by molar-refractivity contribution is 0.263. The van der Waals surface area contributed by atoms with Crippen LogP contribution in [0.4, 0.5) is 0 Å². The van der Waals surface area contributed by atoms with E-state index in [9.17, 15) is 0 Å². The summed E-state index contributed by atoms with van der Waals surface area (Å²) in [4.78, 5) is 4.44. The number of hydrogen-bond donors (Lipinski definition) is 1. The zero-order chi connectivity index (χ0) is 14.1. The first kappa shape index (κ1) is 13.5. The lowest BCUT2D eigenvalue weighted by Gasteiger charge is -2.32. The molecule has 0 saturated heterocycles. The van der Waals surface area contributed by atoms with Crippen LogP contribution in [0, 0.1) is 13.8 Å². The topological polar surface area (TPSA) is 47.3 Å². The van der Waals surface area contributed by atoms with E-state index in [1.165, 1.54) is 5.56 Å². The van der Waals surface area contributed by atoms with Crippen LogP contribution in [0.15, 0.2) is 33.9 Å². The van der Waals surface area contributed by atoms with Gasteiger partial charge in [-0.05, 0) is 27.0 Å². The summed E-state index contributed by atoms with van der Waals surface area (Å²) in [5.74, 6) is 1.84. The number of rotatable bonds is 3. The molecule has 0 aliphatic carbocycles. The molecule has 5 heteroatoms. The number of aryl methyl sites for hydroxylation is 2. The highest BCUT2D eigenvalue weighted by Gasteiger charge is 2.31. The van der Waals surface area contributed by atoms with E-state index in [1.54, 1.807) is 11.8 Å². The highest BCUT2D eigenvalue weighted by Crippen LogP contribution is 2.39. The second kappa shape index (κ2) is 5.50. The monoisotopic (exact) mass is 290 g/mol. The van der Waals surface area contributed by atoms with Crippen LogP contribution in [0.25, 0.3) is 0 Å². The van der Waals surface area contributed by atoms with Crippen LogP contribution in [0.1, 0.15) is 23.1 Å². The number of nitrogens with zero attached hydrogens (tertiary/aromatic N) is 1. The van der Waals surface area contributed by atoms with Crippen molar-refractivity contribution in [1.29, 1.82) is 0 Å². The Bertz CT molecular complexity index is 592. The van der Waals surface area contributed by atoms with Crippen LogP contribution in [0.2, 0.25) is 0 Å². The molecule has 2 unspecified atom stereocenters. The van der Waals surface area contributed by atoms with Gasteiger partial charge in [0.15, 0.2) is 0 Å². The summed E-state index contributed by atoms with van der Waals surface area (Å²) in [6, 6.07) is 8.39. The van der Waals surface area contributed by atoms with Crippen molar-refractivity contribution in [2.24, 2.45) is 0 Å². The molecule has 0 fully saturated rings. The van der Waals surface area contributed by atoms with Gasteiger partial charge in [0.2, 0.25) is 0 Å². The quantitative estimate of drug-likeness (QED) is 0.941. The summed E-state index contributed by atoms with van der Waals surface area (Å²) in [7, 11) is 1.98. The Balaban J connectivity index is 1.84. The van der Waals surface area contributed by atoms with Gasteiger partial charge in [0.1, 0.15) is 18.1 Å². The minimum absolute atomic E-state index is 0.234. The summed E-state index contributed by atoms with van der Waals surface area (Å²) in [5, 5.41) is 4.34. The fraction of sp³-hybridized carbons (Fsp3) is 0.400. The van der Waals surface area contributed by atoms with Gasteiger partial charge in [-0.2, -0.15) is 0 Å². The van der Waals surface area contributed by atoms with E-state index in [0.717, 1.165) is 17.2 Å². The van der Waals surface area contributed by atoms with Crippen LogP contribution >= 0.6 is 11.8 Å². The Morgan fingerprint density at radius 1 is 1.30 bits per heavy atom. The predicted octanol–water partition coefficient (Wildman–Crippen LogP) is 3.11. The standard InChI is InChI=1S/C15H18N2O2S/c1-9-10(2)19-15(17-9)20-13-8-18-12-7-5-4-6-11(12)14(13)16-3/h4-7,13-14,16H,8H2,1-3H3. The molecule has 1 aromatic heterocycles. The van der Waals surface area contributed by atoms with Gasteiger partial charge in [0.25, 0.3) is 5.22 Å². The minimum atomic E-state index is 0.234. The molecule has 3 rings (SSSR count). The predicted molar refractivity (Wildman–Crippen MR) is 79.4 cm³/mol. The van der Waals surface area contributed by atoms with E-state index in [0.29, 0.717) is 11.8 Å². The molecule has 2 atom stereocenters. The average Bonchev–Trinajstić information content (AvgIpc) is 2.77. The number of thioether (sulfide) groups is 1. The van der Waals surface area contributed by atoms with Crippen molar-refractivity contribution in [2.75, 3.05) is 13.7 Å². The largest absolute Gasteiger partial charge is 0.492 e. The molecule has 1 aromatic carbocycles. The van der Waals surface area contributed by atoms with Crippen molar-refractivity contribution < 1.29 is 9.15 Å². The average molecular weight is 290 g/mol. The van der Waals surface area contributed by atoms with Gasteiger partial charge in [-0.3, -0.25) is 0 Å². The molecule has 0 saturated carbocycles. The molecule has 106 valence electrons. The van der Waals surface area contributed by atoms with Gasteiger partial charge in [0, 0.05) is 5.56 Å². The zero-order valence-electron chi connectivity index (χ0n) is 11.8. The van der Waals surface area contributed by atoms with Crippen molar-refractivity contribution >= 4 is 11.8 Å². The second-order valence-corrected chi connectivity index (χ2v) is 6.08. The second-order valence-electron chi connectivity index (χ2n) is 4.89. The van der Waals surface area contributed by atoms with E-state index in [2.05, 4.69) is 16.4 Å². The molecular formula is C15H18N2O2S. The van der Waals surface area contributed by atoms with Gasteiger partial charge in [-0.15, -0.1) is 0 Å². The van der Waals surface area contributed by atoms with Crippen molar-refractivity contribution in [3.63, 3.8) is 0 Å². The summed E-state index contributed by atoms with van der Waals surface area (Å²) in [6.45, 7) is 4.55. The number of aromatic nitrogens is 1. The van der Waals surface area contributed by atoms with Gasteiger partial charge >= 0.3 is 0 Å². The van der Waals surface area contributed by atoms with E-state index in [1.807, 2.05) is 39.1 Å². The van der Waals surface area contributed by atoms with Crippen LogP contribution in [-0.2, 0) is 0 Å². The maximum atomic E-state index is 5.85. The fourth-order valence-electron chi connectivity index (χ4n) is 2.40. The number of fused-ring (bicyclic) bond motifs is 1. The molecule has 0 spiro atoms. The SMILES string of the molecule is CNC1c2ccccc2OCC1Sc1nc(C)c(C)o1. The summed E-state index contributed by atoms with van der Waals surface area (Å²) in [5.41, 5.74) is 2.14. The molecular weight excluding hydrogens is 272 g/mol. The lowest BCUT2D eigenvalue weighted by Crippen LogP contribution is -2.35. The Kier molecular flexibility index (Phi) is 3.72. The molecule has 0 bridgehead atoms. The Labute approximate surface area is 122 Å². The molecule has 4 nitrogen and oxygen atoms in total. The molecule has 2 aromatic rings. The van der Waals surface area contributed by atoms with Crippen LogP contribution in [0.3, 0.4) is 0 Å². The van der Waals surface area contributed by atoms with Gasteiger partial charge in [0.05, 0.1) is 17.0 Å². The summed E-state index contributed by atoms with van der Waals surface area (Å²) < 4.78 is 11.5. The van der Waals surface area contributed by atoms with Crippen molar-refractivity contribution in [1.82, 2.24) is 10.3 Å². The first-order valence-electron chi connectivity index (χ1n) is 6.68. The van der Waals surface area contributed by atoms with Crippen LogP contribution < -0.4 is 10.1 Å². The van der Waals surface area contributed by atoms with E-state index in [-0.39, 0.29) is 11.3 Å². The first-order chi connectivity index (χ1) is 9.69. The highest BCUT2D eigenvalue weighted by molar-refractivity contribution is 7.99. The third kappa shape index (κ3) is 2.43. The third-order valence-electron chi connectivity index (χ3n) is 3.60. The number of ether oxygens (including phenoxy) is 1. The van der Waals surface area contributed by atoms with Crippen molar-refractivity contribution in [3.8, 4) is 5.75 Å². The number of oxazole rings is 1. The normalized spacial score (nSPS) is 21.4. The molecule has 0 amide bonds. The maximum absolute atomic E-state index is 5.85. The number of hydrogen-bond acceptors (Lipinski definition) is 5. The van der Waals surface area contributed by atoms with Gasteiger partial charge < -0.3 is 14.5 Å². The maximum Gasteiger partial charge on any atom is 0.256 e. The molecule has 1 N–H and O–H groups in total. The Morgan fingerprint density at radius 3 is 2.80 bits per heavy atom. The zero-order valence-corrected chi connectivity index (χ0v) is 12.7. The fourth-order valence-corrected chi connectivity index (χ4v) is 3.58. The minimum Gasteiger partial charge on any atom is -0.492 e. The molecule has 1 aliphatic rings. The highest BCUT2D eigenvalue weighted by atomic mass is 32.2. The van der Waals surface area contributed by atoms with Gasteiger partial charge in [-0.1, -0.05) is 30.0 Å². The molecule has 2 heterocycles. The number of benzene rings is 1. The summed E-state index contributed by atoms with van der Waals surface area (Å²) in [6.07, 6.45) is 0. The van der Waals surface area contributed by atoms with E-state index in [4.69, 9.17) is 9.15 Å². The first-order valence-corrected chi connectivity index (χ1v) is 7.56.